The van der Waals surface area contributed by atoms with Crippen LogP contribution in [0.25, 0.3) is 0 Å². The van der Waals surface area contributed by atoms with E-state index in [0.29, 0.717) is 5.92 Å². The first-order chi connectivity index (χ1) is 7.77. The van der Waals surface area contributed by atoms with E-state index >= 15 is 0 Å². The second-order valence-corrected chi connectivity index (χ2v) is 4.62. The largest absolute Gasteiger partial charge is 0.491 e. The van der Waals surface area contributed by atoms with Crippen molar-refractivity contribution in [2.24, 2.45) is 0 Å². The highest BCUT2D eigenvalue weighted by Crippen LogP contribution is 2.30. The summed E-state index contributed by atoms with van der Waals surface area (Å²) in [5, 5.41) is 3.43. The number of nitrogens with zero attached hydrogens (tertiary/aromatic N) is 1. The van der Waals surface area contributed by atoms with Gasteiger partial charge >= 0.3 is 0 Å². The highest BCUT2D eigenvalue weighted by molar-refractivity contribution is 5.34. The van der Waals surface area contributed by atoms with Crippen molar-refractivity contribution < 1.29 is 4.74 Å². The van der Waals surface area contributed by atoms with Gasteiger partial charge in [-0.05, 0) is 39.3 Å². The van der Waals surface area contributed by atoms with E-state index in [1.807, 2.05) is 12.3 Å². The molecule has 1 unspecified atom stereocenters. The summed E-state index contributed by atoms with van der Waals surface area (Å²) in [5.74, 6) is 1.55. The zero-order chi connectivity index (χ0) is 11.4. The van der Waals surface area contributed by atoms with Crippen LogP contribution < -0.4 is 10.1 Å². The third-order valence-electron chi connectivity index (χ3n) is 2.91. The fraction of sp³-hybridized carbons (Fsp3) is 0.615. The molecule has 1 aromatic heterocycles. The van der Waals surface area contributed by atoms with E-state index in [9.17, 15) is 0 Å². The standard InChI is InChI=1S/C13H20N2O/c1-10(2)16-13-5-7-15-9-12(13)11-4-3-6-14-8-11/h5,7,9-11,14H,3-4,6,8H2,1-2H3. The maximum atomic E-state index is 5.83. The smallest absolute Gasteiger partial charge is 0.126 e. The van der Waals surface area contributed by atoms with Crippen LogP contribution in [0.4, 0.5) is 0 Å². The predicted octanol–water partition coefficient (Wildman–Crippen LogP) is 2.34. The van der Waals surface area contributed by atoms with E-state index in [1.165, 1.54) is 18.4 Å². The van der Waals surface area contributed by atoms with Gasteiger partial charge in [-0.2, -0.15) is 0 Å². The molecule has 0 amide bonds. The number of aromatic nitrogens is 1. The maximum Gasteiger partial charge on any atom is 0.126 e. The van der Waals surface area contributed by atoms with E-state index in [-0.39, 0.29) is 6.10 Å². The Morgan fingerprint density at radius 1 is 1.50 bits per heavy atom. The molecule has 88 valence electrons. The first-order valence-corrected chi connectivity index (χ1v) is 6.08. The van der Waals surface area contributed by atoms with Crippen molar-refractivity contribution in [2.75, 3.05) is 13.1 Å². The summed E-state index contributed by atoms with van der Waals surface area (Å²) in [6, 6.07) is 1.98. The molecular formula is C13H20N2O. The molecule has 1 aromatic rings. The lowest BCUT2D eigenvalue weighted by Crippen LogP contribution is -2.28. The van der Waals surface area contributed by atoms with Gasteiger partial charge in [-0.1, -0.05) is 0 Å². The lowest BCUT2D eigenvalue weighted by Gasteiger charge is -2.25. The fourth-order valence-electron chi connectivity index (χ4n) is 2.18. The monoisotopic (exact) mass is 220 g/mol. The Bertz CT molecular complexity index is 332. The number of hydrogen-bond acceptors (Lipinski definition) is 3. The molecule has 3 nitrogen and oxygen atoms in total. The van der Waals surface area contributed by atoms with Crippen LogP contribution in [-0.4, -0.2) is 24.2 Å². The van der Waals surface area contributed by atoms with E-state index in [0.717, 1.165) is 18.8 Å². The van der Waals surface area contributed by atoms with Gasteiger partial charge in [0.05, 0.1) is 6.10 Å². The summed E-state index contributed by atoms with van der Waals surface area (Å²) in [6.07, 6.45) is 6.44. The average molecular weight is 220 g/mol. The zero-order valence-corrected chi connectivity index (χ0v) is 10.1. The van der Waals surface area contributed by atoms with Crippen LogP contribution in [-0.2, 0) is 0 Å². The first kappa shape index (κ1) is 11.4. The van der Waals surface area contributed by atoms with Gasteiger partial charge in [0.1, 0.15) is 5.75 Å². The van der Waals surface area contributed by atoms with E-state index < -0.39 is 0 Å². The van der Waals surface area contributed by atoms with Crippen LogP contribution >= 0.6 is 0 Å². The van der Waals surface area contributed by atoms with E-state index in [1.54, 1.807) is 6.20 Å². The van der Waals surface area contributed by atoms with Crippen molar-refractivity contribution in [1.82, 2.24) is 10.3 Å². The minimum atomic E-state index is 0.220. The molecule has 1 aliphatic rings. The average Bonchev–Trinajstić information content (AvgIpc) is 2.30. The molecule has 3 heteroatoms. The van der Waals surface area contributed by atoms with Gasteiger partial charge in [0.15, 0.2) is 0 Å². The number of rotatable bonds is 3. The summed E-state index contributed by atoms with van der Waals surface area (Å²) in [5.41, 5.74) is 1.25. The lowest BCUT2D eigenvalue weighted by molar-refractivity contribution is 0.237. The summed E-state index contributed by atoms with van der Waals surface area (Å²) in [6.45, 7) is 6.30. The quantitative estimate of drug-likeness (QED) is 0.849. The molecule has 1 aliphatic heterocycles. The highest BCUT2D eigenvalue weighted by atomic mass is 16.5. The van der Waals surface area contributed by atoms with Gasteiger partial charge in [0.2, 0.25) is 0 Å². The van der Waals surface area contributed by atoms with Gasteiger partial charge in [-0.25, -0.2) is 0 Å². The van der Waals surface area contributed by atoms with Crippen molar-refractivity contribution >= 4 is 0 Å². The molecule has 0 saturated carbocycles. The van der Waals surface area contributed by atoms with Crippen molar-refractivity contribution in [2.45, 2.75) is 38.7 Å². The van der Waals surface area contributed by atoms with Gasteiger partial charge in [-0.15, -0.1) is 0 Å². The Balaban J connectivity index is 2.17. The molecule has 1 fully saturated rings. The summed E-state index contributed by atoms with van der Waals surface area (Å²) in [4.78, 5) is 4.22. The lowest BCUT2D eigenvalue weighted by atomic mass is 9.92. The number of ether oxygens (including phenoxy) is 1. The highest BCUT2D eigenvalue weighted by Gasteiger charge is 2.19. The van der Waals surface area contributed by atoms with Crippen LogP contribution in [0.15, 0.2) is 18.5 Å². The van der Waals surface area contributed by atoms with Crippen molar-refractivity contribution in [3.63, 3.8) is 0 Å². The van der Waals surface area contributed by atoms with Gasteiger partial charge < -0.3 is 10.1 Å². The molecule has 1 atom stereocenters. The first-order valence-electron chi connectivity index (χ1n) is 6.08. The minimum absolute atomic E-state index is 0.220. The molecule has 16 heavy (non-hydrogen) atoms. The fourth-order valence-corrected chi connectivity index (χ4v) is 2.18. The van der Waals surface area contributed by atoms with Crippen LogP contribution in [0.2, 0.25) is 0 Å². The van der Waals surface area contributed by atoms with Crippen molar-refractivity contribution in [3.05, 3.63) is 24.0 Å². The Labute approximate surface area is 97.2 Å². The number of nitrogens with one attached hydrogen (secondary N) is 1. The topological polar surface area (TPSA) is 34.1 Å². The maximum absolute atomic E-state index is 5.83. The van der Waals surface area contributed by atoms with Gasteiger partial charge in [0, 0.05) is 30.4 Å². The molecule has 1 N–H and O–H groups in total. The molecule has 0 aromatic carbocycles. The molecular weight excluding hydrogens is 200 g/mol. The Hall–Kier alpha value is -1.09. The third-order valence-corrected chi connectivity index (χ3v) is 2.91. The van der Waals surface area contributed by atoms with Crippen LogP contribution in [0.5, 0.6) is 5.75 Å². The molecule has 0 spiro atoms. The third kappa shape index (κ3) is 2.73. The summed E-state index contributed by atoms with van der Waals surface area (Å²) in [7, 11) is 0. The Morgan fingerprint density at radius 3 is 3.06 bits per heavy atom. The van der Waals surface area contributed by atoms with Crippen LogP contribution in [0.3, 0.4) is 0 Å². The summed E-state index contributed by atoms with van der Waals surface area (Å²) >= 11 is 0. The molecule has 2 heterocycles. The number of pyridine rings is 1. The van der Waals surface area contributed by atoms with E-state index in [4.69, 9.17) is 4.74 Å². The molecule has 0 aliphatic carbocycles. The summed E-state index contributed by atoms with van der Waals surface area (Å²) < 4.78 is 5.83. The van der Waals surface area contributed by atoms with E-state index in [2.05, 4.69) is 24.1 Å². The predicted molar refractivity (Wildman–Crippen MR) is 64.8 cm³/mol. The SMILES string of the molecule is CC(C)Oc1ccncc1C1CCCNC1. The molecule has 0 bridgehead atoms. The molecule has 0 radical (unpaired) electrons. The van der Waals surface area contributed by atoms with Crippen molar-refractivity contribution in [3.8, 4) is 5.75 Å². The van der Waals surface area contributed by atoms with Crippen LogP contribution in [0.1, 0.15) is 38.2 Å². The molecule has 1 saturated heterocycles. The van der Waals surface area contributed by atoms with Crippen molar-refractivity contribution in [1.29, 1.82) is 0 Å². The second-order valence-electron chi connectivity index (χ2n) is 4.62. The Kier molecular flexibility index (Phi) is 3.78. The Morgan fingerprint density at radius 2 is 2.38 bits per heavy atom. The molecule has 2 rings (SSSR count). The number of hydrogen-bond donors (Lipinski definition) is 1. The van der Waals surface area contributed by atoms with Crippen LogP contribution in [0, 0.1) is 0 Å². The second kappa shape index (κ2) is 5.30. The van der Waals surface area contributed by atoms with Gasteiger partial charge in [0.25, 0.3) is 0 Å². The normalized spacial score (nSPS) is 21.1. The van der Waals surface area contributed by atoms with Gasteiger partial charge in [-0.3, -0.25) is 4.98 Å². The minimum Gasteiger partial charge on any atom is -0.491 e. The number of piperidine rings is 1. The zero-order valence-electron chi connectivity index (χ0n) is 10.1.